The van der Waals surface area contributed by atoms with Crippen LogP contribution in [0.15, 0.2) is 48.5 Å². The van der Waals surface area contributed by atoms with Gasteiger partial charge in [-0.1, -0.05) is 42.5 Å². The molecule has 0 saturated heterocycles. The van der Waals surface area contributed by atoms with Crippen molar-refractivity contribution in [3.05, 3.63) is 65.2 Å². The summed E-state index contributed by atoms with van der Waals surface area (Å²) in [4.78, 5) is 2.35. The normalized spacial score (nSPS) is 12.2. The maximum absolute atomic E-state index is 6.42. The van der Waals surface area contributed by atoms with Gasteiger partial charge in [0.15, 0.2) is 0 Å². The van der Waals surface area contributed by atoms with Gasteiger partial charge in [-0.25, -0.2) is 0 Å². The van der Waals surface area contributed by atoms with E-state index in [0.717, 1.165) is 13.1 Å². The molecular weight excluding hydrogens is 244 g/mol. The molecule has 2 N–H and O–H groups in total. The summed E-state index contributed by atoms with van der Waals surface area (Å²) in [6, 6.07) is 16.9. The first-order valence-corrected chi connectivity index (χ1v) is 7.25. The standard InChI is InChI=1S/C18H24N2/c1-4-20(18-12-8-6-10-15(18)3)13-17(19)16-11-7-5-9-14(16)2/h5-12,17H,4,13,19H2,1-3H3. The smallest absolute Gasteiger partial charge is 0.0475 e. The predicted octanol–water partition coefficient (Wildman–Crippen LogP) is 3.83. The predicted molar refractivity (Wildman–Crippen MR) is 87.2 cm³/mol. The molecule has 0 saturated carbocycles. The van der Waals surface area contributed by atoms with Gasteiger partial charge in [-0.3, -0.25) is 0 Å². The second kappa shape index (κ2) is 6.58. The number of rotatable bonds is 5. The van der Waals surface area contributed by atoms with Gasteiger partial charge in [0.25, 0.3) is 0 Å². The third-order valence-corrected chi connectivity index (χ3v) is 3.84. The molecule has 0 amide bonds. The average molecular weight is 268 g/mol. The fourth-order valence-corrected chi connectivity index (χ4v) is 2.65. The van der Waals surface area contributed by atoms with Crippen LogP contribution in [-0.4, -0.2) is 13.1 Å². The molecule has 0 aromatic heterocycles. The molecular formula is C18H24N2. The van der Waals surface area contributed by atoms with Crippen LogP contribution >= 0.6 is 0 Å². The number of nitrogens with two attached hydrogens (primary N) is 1. The molecule has 2 nitrogen and oxygen atoms in total. The number of hydrogen-bond acceptors (Lipinski definition) is 2. The Morgan fingerprint density at radius 1 is 0.950 bits per heavy atom. The van der Waals surface area contributed by atoms with Crippen LogP contribution in [-0.2, 0) is 0 Å². The van der Waals surface area contributed by atoms with E-state index in [1.807, 2.05) is 0 Å². The number of hydrogen-bond donors (Lipinski definition) is 1. The van der Waals surface area contributed by atoms with Gasteiger partial charge in [-0.15, -0.1) is 0 Å². The van der Waals surface area contributed by atoms with Gasteiger partial charge in [-0.05, 0) is 43.5 Å². The van der Waals surface area contributed by atoms with Crippen molar-refractivity contribution < 1.29 is 0 Å². The molecule has 106 valence electrons. The van der Waals surface area contributed by atoms with Gasteiger partial charge in [0, 0.05) is 24.8 Å². The fourth-order valence-electron chi connectivity index (χ4n) is 2.65. The largest absolute Gasteiger partial charge is 0.370 e. The first-order valence-electron chi connectivity index (χ1n) is 7.25. The van der Waals surface area contributed by atoms with Crippen molar-refractivity contribution in [2.45, 2.75) is 26.8 Å². The van der Waals surface area contributed by atoms with Crippen LogP contribution in [0.25, 0.3) is 0 Å². The highest BCUT2D eigenvalue weighted by molar-refractivity contribution is 5.53. The zero-order chi connectivity index (χ0) is 14.5. The summed E-state index contributed by atoms with van der Waals surface area (Å²) in [5, 5.41) is 0. The molecule has 1 atom stereocenters. The zero-order valence-electron chi connectivity index (χ0n) is 12.6. The monoisotopic (exact) mass is 268 g/mol. The Morgan fingerprint density at radius 2 is 1.55 bits per heavy atom. The summed E-state index contributed by atoms with van der Waals surface area (Å²) in [6.07, 6.45) is 0. The van der Waals surface area contributed by atoms with Crippen molar-refractivity contribution in [2.24, 2.45) is 5.73 Å². The van der Waals surface area contributed by atoms with Crippen LogP contribution in [0.4, 0.5) is 5.69 Å². The van der Waals surface area contributed by atoms with E-state index in [0.29, 0.717) is 0 Å². The van der Waals surface area contributed by atoms with E-state index in [4.69, 9.17) is 5.73 Å². The van der Waals surface area contributed by atoms with E-state index in [2.05, 4.69) is 74.2 Å². The van der Waals surface area contributed by atoms with Gasteiger partial charge >= 0.3 is 0 Å². The molecule has 0 aliphatic rings. The molecule has 20 heavy (non-hydrogen) atoms. The Kier molecular flexibility index (Phi) is 4.80. The number of aryl methyl sites for hydroxylation is 2. The highest BCUT2D eigenvalue weighted by atomic mass is 15.1. The quantitative estimate of drug-likeness (QED) is 0.893. The Labute approximate surface area is 122 Å². The van der Waals surface area contributed by atoms with E-state index in [9.17, 15) is 0 Å². The SMILES string of the molecule is CCN(CC(N)c1ccccc1C)c1ccccc1C. The highest BCUT2D eigenvalue weighted by Crippen LogP contribution is 2.23. The lowest BCUT2D eigenvalue weighted by Crippen LogP contribution is -2.32. The van der Waals surface area contributed by atoms with Crippen molar-refractivity contribution in [1.82, 2.24) is 0 Å². The fraction of sp³-hybridized carbons (Fsp3) is 0.333. The van der Waals surface area contributed by atoms with E-state index in [1.165, 1.54) is 22.4 Å². The maximum atomic E-state index is 6.42. The van der Waals surface area contributed by atoms with Crippen LogP contribution < -0.4 is 10.6 Å². The number of para-hydroxylation sites is 1. The van der Waals surface area contributed by atoms with E-state index in [-0.39, 0.29) is 6.04 Å². The Morgan fingerprint density at radius 3 is 2.15 bits per heavy atom. The van der Waals surface area contributed by atoms with Crippen molar-refractivity contribution in [2.75, 3.05) is 18.0 Å². The number of benzene rings is 2. The molecule has 0 bridgehead atoms. The minimum absolute atomic E-state index is 0.0377. The Hall–Kier alpha value is -1.80. The molecule has 0 radical (unpaired) electrons. The topological polar surface area (TPSA) is 29.3 Å². The molecule has 0 fully saturated rings. The lowest BCUT2D eigenvalue weighted by atomic mass is 10.0. The second-order valence-electron chi connectivity index (χ2n) is 5.29. The maximum Gasteiger partial charge on any atom is 0.0475 e. The van der Waals surface area contributed by atoms with E-state index in [1.54, 1.807) is 0 Å². The molecule has 2 rings (SSSR count). The second-order valence-corrected chi connectivity index (χ2v) is 5.29. The van der Waals surface area contributed by atoms with Gasteiger partial charge in [0.2, 0.25) is 0 Å². The third-order valence-electron chi connectivity index (χ3n) is 3.84. The molecule has 2 aromatic carbocycles. The molecule has 0 aliphatic carbocycles. The number of nitrogens with zero attached hydrogens (tertiary/aromatic N) is 1. The first kappa shape index (κ1) is 14.6. The molecule has 0 heterocycles. The van der Waals surface area contributed by atoms with Crippen LogP contribution in [0.3, 0.4) is 0 Å². The van der Waals surface area contributed by atoms with Crippen molar-refractivity contribution in [1.29, 1.82) is 0 Å². The summed E-state index contributed by atoms with van der Waals surface area (Å²) in [5.41, 5.74) is 11.5. The van der Waals surface area contributed by atoms with Crippen LogP contribution in [0.2, 0.25) is 0 Å². The summed E-state index contributed by atoms with van der Waals surface area (Å²) in [5.74, 6) is 0. The van der Waals surface area contributed by atoms with E-state index < -0.39 is 0 Å². The highest BCUT2D eigenvalue weighted by Gasteiger charge is 2.14. The third kappa shape index (κ3) is 3.20. The minimum atomic E-state index is 0.0377. The van der Waals surface area contributed by atoms with Gasteiger partial charge in [0.05, 0.1) is 0 Å². The first-order chi connectivity index (χ1) is 9.63. The summed E-state index contributed by atoms with van der Waals surface area (Å²) in [7, 11) is 0. The summed E-state index contributed by atoms with van der Waals surface area (Å²) >= 11 is 0. The summed E-state index contributed by atoms with van der Waals surface area (Å²) in [6.45, 7) is 8.25. The van der Waals surface area contributed by atoms with Crippen molar-refractivity contribution >= 4 is 5.69 Å². The summed E-state index contributed by atoms with van der Waals surface area (Å²) < 4.78 is 0. The number of anilines is 1. The Bertz CT molecular complexity index is 563. The van der Waals surface area contributed by atoms with E-state index >= 15 is 0 Å². The van der Waals surface area contributed by atoms with Crippen molar-refractivity contribution in [3.63, 3.8) is 0 Å². The Balaban J connectivity index is 2.19. The van der Waals surface area contributed by atoms with Crippen LogP contribution in [0, 0.1) is 13.8 Å². The molecule has 2 aromatic rings. The number of likely N-dealkylation sites (N-methyl/N-ethyl adjacent to an activating group) is 1. The molecule has 2 heteroatoms. The van der Waals surface area contributed by atoms with Crippen molar-refractivity contribution in [3.8, 4) is 0 Å². The van der Waals surface area contributed by atoms with Gasteiger partial charge in [-0.2, -0.15) is 0 Å². The minimum Gasteiger partial charge on any atom is -0.370 e. The average Bonchev–Trinajstić information content (AvgIpc) is 2.46. The van der Waals surface area contributed by atoms with Crippen LogP contribution in [0.1, 0.15) is 29.7 Å². The lowest BCUT2D eigenvalue weighted by Gasteiger charge is -2.28. The molecule has 0 aliphatic heterocycles. The lowest BCUT2D eigenvalue weighted by molar-refractivity contribution is 0.672. The van der Waals surface area contributed by atoms with Gasteiger partial charge in [0.1, 0.15) is 0 Å². The molecule has 0 spiro atoms. The molecule has 1 unspecified atom stereocenters. The van der Waals surface area contributed by atoms with Gasteiger partial charge < -0.3 is 10.6 Å². The zero-order valence-corrected chi connectivity index (χ0v) is 12.6. The van der Waals surface area contributed by atoms with Crippen LogP contribution in [0.5, 0.6) is 0 Å².